The summed E-state index contributed by atoms with van der Waals surface area (Å²) in [4.78, 5) is 24.6. The third kappa shape index (κ3) is 6.22. The zero-order valence-electron chi connectivity index (χ0n) is 13.2. The van der Waals surface area contributed by atoms with E-state index in [1.54, 1.807) is 19.1 Å². The molecule has 1 aliphatic carbocycles. The molecular formula is C17H22FNO3S. The standard InChI is InChI=1S/C17H22FNO3S/c1-12(17(21)19-14-4-2-3-5-14)22-16(20)10-11-23-15-8-6-13(18)7-9-15/h6-9,12,14H,2-5,10-11H2,1H3,(H,19,21)/t12-/m0/s1. The number of nitrogens with one attached hydrogen (secondary N) is 1. The quantitative estimate of drug-likeness (QED) is 0.612. The minimum Gasteiger partial charge on any atom is -0.453 e. The minimum absolute atomic E-state index is 0.211. The number of ether oxygens (including phenoxy) is 1. The van der Waals surface area contributed by atoms with Gasteiger partial charge in [0.05, 0.1) is 6.42 Å². The van der Waals surface area contributed by atoms with Crippen LogP contribution in [0, 0.1) is 5.82 Å². The third-order valence-electron chi connectivity index (χ3n) is 3.77. The highest BCUT2D eigenvalue weighted by Gasteiger charge is 2.22. The van der Waals surface area contributed by atoms with Gasteiger partial charge < -0.3 is 10.1 Å². The SMILES string of the molecule is C[C@H](OC(=O)CCSc1ccc(F)cc1)C(=O)NC1CCCC1. The first-order chi connectivity index (χ1) is 11.0. The van der Waals surface area contributed by atoms with Crippen LogP contribution in [0.5, 0.6) is 0 Å². The second kappa shape index (κ2) is 8.91. The van der Waals surface area contributed by atoms with Crippen LogP contribution in [0.3, 0.4) is 0 Å². The van der Waals surface area contributed by atoms with Crippen LogP contribution in [0.25, 0.3) is 0 Å². The summed E-state index contributed by atoms with van der Waals surface area (Å²) in [7, 11) is 0. The summed E-state index contributed by atoms with van der Waals surface area (Å²) < 4.78 is 17.9. The van der Waals surface area contributed by atoms with E-state index in [2.05, 4.69) is 5.32 Å². The zero-order valence-corrected chi connectivity index (χ0v) is 14.0. The normalized spacial score (nSPS) is 16.1. The zero-order chi connectivity index (χ0) is 16.7. The highest BCUT2D eigenvalue weighted by molar-refractivity contribution is 7.99. The van der Waals surface area contributed by atoms with E-state index in [4.69, 9.17) is 4.74 Å². The lowest BCUT2D eigenvalue weighted by atomic mass is 10.2. The molecule has 1 fully saturated rings. The molecule has 23 heavy (non-hydrogen) atoms. The first kappa shape index (κ1) is 17.8. The summed E-state index contributed by atoms with van der Waals surface area (Å²) in [6.45, 7) is 1.59. The van der Waals surface area contributed by atoms with Crippen molar-refractivity contribution in [2.45, 2.75) is 56.1 Å². The number of hydrogen-bond donors (Lipinski definition) is 1. The molecule has 6 heteroatoms. The maximum Gasteiger partial charge on any atom is 0.307 e. The average Bonchev–Trinajstić information content (AvgIpc) is 3.02. The molecule has 1 aromatic carbocycles. The fraction of sp³-hybridized carbons (Fsp3) is 0.529. The third-order valence-corrected chi connectivity index (χ3v) is 4.78. The van der Waals surface area contributed by atoms with Crippen LogP contribution < -0.4 is 5.32 Å². The Balaban J connectivity index is 1.65. The van der Waals surface area contributed by atoms with Crippen molar-refractivity contribution in [3.8, 4) is 0 Å². The van der Waals surface area contributed by atoms with E-state index in [0.717, 1.165) is 30.6 Å². The van der Waals surface area contributed by atoms with Crippen molar-refractivity contribution in [3.05, 3.63) is 30.1 Å². The van der Waals surface area contributed by atoms with Crippen LogP contribution in [0.1, 0.15) is 39.0 Å². The summed E-state index contributed by atoms with van der Waals surface area (Å²) in [5, 5.41) is 2.91. The van der Waals surface area contributed by atoms with Crippen molar-refractivity contribution in [3.63, 3.8) is 0 Å². The summed E-state index contributed by atoms with van der Waals surface area (Å²) in [5.74, 6) is -0.373. The Morgan fingerprint density at radius 1 is 1.30 bits per heavy atom. The fourth-order valence-corrected chi connectivity index (χ4v) is 3.31. The lowest BCUT2D eigenvalue weighted by Gasteiger charge is -2.17. The Morgan fingerprint density at radius 2 is 1.96 bits per heavy atom. The molecule has 0 radical (unpaired) electrons. The topological polar surface area (TPSA) is 55.4 Å². The average molecular weight is 339 g/mol. The number of amides is 1. The van der Waals surface area contributed by atoms with Crippen LogP contribution in [0.15, 0.2) is 29.2 Å². The van der Waals surface area contributed by atoms with Crippen molar-refractivity contribution < 1.29 is 18.7 Å². The van der Waals surface area contributed by atoms with Crippen LogP contribution in [-0.2, 0) is 14.3 Å². The van der Waals surface area contributed by atoms with Gasteiger partial charge in [-0.25, -0.2) is 4.39 Å². The number of carbonyl (C=O) groups excluding carboxylic acids is 2. The van der Waals surface area contributed by atoms with Gasteiger partial charge in [-0.3, -0.25) is 9.59 Å². The molecule has 1 aliphatic rings. The lowest BCUT2D eigenvalue weighted by Crippen LogP contribution is -2.40. The molecule has 0 spiro atoms. The van der Waals surface area contributed by atoms with Crippen LogP contribution >= 0.6 is 11.8 Å². The Kier molecular flexibility index (Phi) is 6.89. The molecular weight excluding hydrogens is 317 g/mol. The van der Waals surface area contributed by atoms with Crippen LogP contribution in [0.2, 0.25) is 0 Å². The predicted molar refractivity (Wildman–Crippen MR) is 87.7 cm³/mol. The van der Waals surface area contributed by atoms with E-state index < -0.39 is 12.1 Å². The Bertz CT molecular complexity index is 529. The van der Waals surface area contributed by atoms with Crippen molar-refractivity contribution in [2.75, 3.05) is 5.75 Å². The number of thioether (sulfide) groups is 1. The highest BCUT2D eigenvalue weighted by atomic mass is 32.2. The van der Waals surface area contributed by atoms with Gasteiger partial charge in [-0.15, -0.1) is 11.8 Å². The highest BCUT2D eigenvalue weighted by Crippen LogP contribution is 2.19. The van der Waals surface area contributed by atoms with Gasteiger partial charge in [0.1, 0.15) is 5.82 Å². The molecule has 0 aliphatic heterocycles. The lowest BCUT2D eigenvalue weighted by molar-refractivity contribution is -0.154. The van der Waals surface area contributed by atoms with Crippen LogP contribution in [-0.4, -0.2) is 29.8 Å². The number of carbonyl (C=O) groups is 2. The van der Waals surface area contributed by atoms with Gasteiger partial charge in [-0.1, -0.05) is 12.8 Å². The van der Waals surface area contributed by atoms with Crippen molar-refractivity contribution in [2.24, 2.45) is 0 Å². The number of rotatable bonds is 7. The van der Waals surface area contributed by atoms with Gasteiger partial charge in [-0.2, -0.15) is 0 Å². The summed E-state index contributed by atoms with van der Waals surface area (Å²) in [6.07, 6.45) is 3.73. The van der Waals surface area contributed by atoms with E-state index in [1.807, 2.05) is 0 Å². The molecule has 1 N–H and O–H groups in total. The molecule has 0 aromatic heterocycles. The monoisotopic (exact) mass is 339 g/mol. The predicted octanol–water partition coefficient (Wildman–Crippen LogP) is 3.30. The van der Waals surface area contributed by atoms with E-state index in [0.29, 0.717) is 5.75 Å². The largest absolute Gasteiger partial charge is 0.453 e. The molecule has 1 amide bonds. The van der Waals surface area contributed by atoms with Gasteiger partial charge >= 0.3 is 5.97 Å². The first-order valence-electron chi connectivity index (χ1n) is 7.93. The maximum absolute atomic E-state index is 12.8. The molecule has 0 saturated heterocycles. The van der Waals surface area contributed by atoms with E-state index in [9.17, 15) is 14.0 Å². The second-order valence-electron chi connectivity index (χ2n) is 5.67. The molecule has 2 rings (SSSR count). The van der Waals surface area contributed by atoms with Crippen molar-refractivity contribution >= 4 is 23.6 Å². The molecule has 126 valence electrons. The molecule has 0 bridgehead atoms. The molecule has 1 aromatic rings. The van der Waals surface area contributed by atoms with Crippen molar-refractivity contribution in [1.29, 1.82) is 0 Å². The number of hydrogen-bond acceptors (Lipinski definition) is 4. The molecule has 1 atom stereocenters. The molecule has 0 heterocycles. The van der Waals surface area contributed by atoms with E-state index >= 15 is 0 Å². The van der Waals surface area contributed by atoms with Gasteiger partial charge in [0.2, 0.25) is 0 Å². The first-order valence-corrected chi connectivity index (χ1v) is 8.91. The summed E-state index contributed by atoms with van der Waals surface area (Å²) in [5.41, 5.74) is 0. The molecule has 1 saturated carbocycles. The Hall–Kier alpha value is -1.56. The van der Waals surface area contributed by atoms with E-state index in [1.165, 1.54) is 23.9 Å². The van der Waals surface area contributed by atoms with Crippen LogP contribution in [0.4, 0.5) is 4.39 Å². The smallest absolute Gasteiger partial charge is 0.307 e. The molecule has 0 unspecified atom stereocenters. The van der Waals surface area contributed by atoms with Gasteiger partial charge in [0, 0.05) is 16.7 Å². The Morgan fingerprint density at radius 3 is 2.61 bits per heavy atom. The Labute approximate surface area is 140 Å². The summed E-state index contributed by atoms with van der Waals surface area (Å²) >= 11 is 1.45. The number of benzene rings is 1. The van der Waals surface area contributed by atoms with E-state index in [-0.39, 0.29) is 24.2 Å². The van der Waals surface area contributed by atoms with Crippen molar-refractivity contribution in [1.82, 2.24) is 5.32 Å². The summed E-state index contributed by atoms with van der Waals surface area (Å²) in [6, 6.07) is 6.33. The van der Waals surface area contributed by atoms with Gasteiger partial charge in [0.25, 0.3) is 5.91 Å². The second-order valence-corrected chi connectivity index (χ2v) is 6.84. The molecule has 4 nitrogen and oxygen atoms in total. The maximum atomic E-state index is 12.8. The van der Waals surface area contributed by atoms with Gasteiger partial charge in [0.15, 0.2) is 6.10 Å². The van der Waals surface area contributed by atoms with Gasteiger partial charge in [-0.05, 0) is 44.0 Å². The minimum atomic E-state index is -0.765. The fourth-order valence-electron chi connectivity index (χ4n) is 2.48. The number of esters is 1. The number of halogens is 1.